The van der Waals surface area contributed by atoms with Crippen LogP contribution in [0.5, 0.6) is 0 Å². The summed E-state index contributed by atoms with van der Waals surface area (Å²) in [7, 11) is 0. The van der Waals surface area contributed by atoms with Crippen LogP contribution in [0.25, 0.3) is 0 Å². The summed E-state index contributed by atoms with van der Waals surface area (Å²) in [5.74, 6) is -3.66. The van der Waals surface area contributed by atoms with Crippen LogP contribution in [-0.2, 0) is 19.3 Å². The van der Waals surface area contributed by atoms with E-state index in [0.29, 0.717) is 0 Å². The van der Waals surface area contributed by atoms with Crippen molar-refractivity contribution in [2.45, 2.75) is 6.42 Å². The van der Waals surface area contributed by atoms with Crippen molar-refractivity contribution in [3.05, 3.63) is 12.5 Å². The maximum absolute atomic E-state index is 10.6. The fraction of sp³-hybridized carbons (Fsp3) is 0.545. The Morgan fingerprint density at radius 2 is 1.43 bits per heavy atom. The van der Waals surface area contributed by atoms with Crippen LogP contribution >= 0.6 is 0 Å². The van der Waals surface area contributed by atoms with Crippen molar-refractivity contribution in [3.63, 3.8) is 0 Å². The van der Waals surface area contributed by atoms with Gasteiger partial charge in [-0.15, -0.1) is 0 Å². The quantitative estimate of drug-likeness (QED) is 0.205. The van der Waals surface area contributed by atoms with Gasteiger partial charge in [0.1, 0.15) is 0 Å². The third-order valence-corrected chi connectivity index (χ3v) is 2.46. The van der Waals surface area contributed by atoms with Crippen molar-refractivity contribution >= 4 is 17.9 Å². The van der Waals surface area contributed by atoms with Crippen LogP contribution in [0.4, 0.5) is 0 Å². The molecule has 0 aromatic rings. The Balaban J connectivity index is 4.57. The van der Waals surface area contributed by atoms with Crippen molar-refractivity contribution in [1.29, 1.82) is 0 Å². The van der Waals surface area contributed by atoms with E-state index in [-0.39, 0.29) is 31.9 Å². The maximum Gasteiger partial charge on any atom is 0.317 e. The molecular weight excluding hydrogens is 288 g/mol. The molecular formula is C11H18N2O8. The SMILES string of the molecule is C=C(OO)N(CCC(=O)O)CCN(CC(=O)O)CC(=O)O. The van der Waals surface area contributed by atoms with Crippen molar-refractivity contribution in [2.24, 2.45) is 0 Å². The molecule has 0 radical (unpaired) electrons. The monoisotopic (exact) mass is 306 g/mol. The predicted octanol–water partition coefficient (Wildman–Crippen LogP) is -0.805. The lowest BCUT2D eigenvalue weighted by atomic mass is 10.3. The second-order valence-electron chi connectivity index (χ2n) is 4.11. The Bertz CT molecular complexity index is 382. The highest BCUT2D eigenvalue weighted by molar-refractivity contribution is 5.72. The van der Waals surface area contributed by atoms with Gasteiger partial charge in [-0.3, -0.25) is 19.3 Å². The lowest BCUT2D eigenvalue weighted by molar-refractivity contribution is -0.224. The van der Waals surface area contributed by atoms with Gasteiger partial charge < -0.3 is 25.1 Å². The Hall–Kier alpha value is -2.33. The van der Waals surface area contributed by atoms with Crippen LogP contribution in [0, 0.1) is 0 Å². The fourth-order valence-electron chi connectivity index (χ4n) is 1.51. The first-order valence-corrected chi connectivity index (χ1v) is 5.89. The zero-order valence-electron chi connectivity index (χ0n) is 11.3. The van der Waals surface area contributed by atoms with E-state index in [9.17, 15) is 14.4 Å². The van der Waals surface area contributed by atoms with Gasteiger partial charge in [-0.1, -0.05) is 0 Å². The molecule has 0 saturated carbocycles. The minimum Gasteiger partial charge on any atom is -0.481 e. The number of aliphatic carboxylic acids is 3. The van der Waals surface area contributed by atoms with Crippen molar-refractivity contribution in [3.8, 4) is 0 Å². The van der Waals surface area contributed by atoms with E-state index in [1.54, 1.807) is 0 Å². The number of nitrogens with zero attached hydrogens (tertiary/aromatic N) is 2. The molecule has 0 saturated heterocycles. The van der Waals surface area contributed by atoms with Crippen LogP contribution in [0.3, 0.4) is 0 Å². The van der Waals surface area contributed by atoms with E-state index in [2.05, 4.69) is 11.5 Å². The molecule has 0 aliphatic heterocycles. The Labute approximate surface area is 120 Å². The largest absolute Gasteiger partial charge is 0.481 e. The van der Waals surface area contributed by atoms with Crippen LogP contribution in [0.1, 0.15) is 6.42 Å². The van der Waals surface area contributed by atoms with Gasteiger partial charge >= 0.3 is 17.9 Å². The number of hydrogen-bond acceptors (Lipinski definition) is 7. The number of hydrogen-bond donors (Lipinski definition) is 4. The summed E-state index contributed by atoms with van der Waals surface area (Å²) in [6.07, 6.45) is -0.250. The molecule has 0 fully saturated rings. The molecule has 10 nitrogen and oxygen atoms in total. The van der Waals surface area contributed by atoms with E-state index < -0.39 is 31.0 Å². The lowest BCUT2D eigenvalue weighted by Gasteiger charge is -2.26. The molecule has 0 aromatic heterocycles. The summed E-state index contributed by atoms with van der Waals surface area (Å²) in [6, 6.07) is 0. The molecule has 21 heavy (non-hydrogen) atoms. The molecule has 4 N–H and O–H groups in total. The van der Waals surface area contributed by atoms with Gasteiger partial charge in [0.15, 0.2) is 0 Å². The average Bonchev–Trinajstić information content (AvgIpc) is 2.36. The van der Waals surface area contributed by atoms with Crippen molar-refractivity contribution in [1.82, 2.24) is 9.80 Å². The summed E-state index contributed by atoms with van der Waals surface area (Å²) in [6.45, 7) is 2.44. The minimum atomic E-state index is -1.19. The molecule has 0 amide bonds. The Morgan fingerprint density at radius 1 is 0.905 bits per heavy atom. The molecule has 0 spiro atoms. The summed E-state index contributed by atoms with van der Waals surface area (Å²) >= 11 is 0. The van der Waals surface area contributed by atoms with Gasteiger partial charge in [-0.25, -0.2) is 5.26 Å². The molecule has 120 valence electrons. The van der Waals surface area contributed by atoms with Gasteiger partial charge in [0.05, 0.1) is 19.5 Å². The molecule has 0 heterocycles. The van der Waals surface area contributed by atoms with Crippen LogP contribution in [0.15, 0.2) is 12.5 Å². The van der Waals surface area contributed by atoms with Crippen molar-refractivity contribution < 1.29 is 39.8 Å². The fourth-order valence-corrected chi connectivity index (χ4v) is 1.51. The Kier molecular flexibility index (Phi) is 8.49. The first kappa shape index (κ1) is 18.7. The molecule has 0 aromatic carbocycles. The third kappa shape index (κ3) is 9.24. The first-order chi connectivity index (χ1) is 9.76. The predicted molar refractivity (Wildman–Crippen MR) is 68.4 cm³/mol. The lowest BCUT2D eigenvalue weighted by Crippen LogP contribution is -2.40. The second-order valence-corrected chi connectivity index (χ2v) is 4.11. The molecule has 0 aliphatic rings. The van der Waals surface area contributed by atoms with E-state index in [1.807, 2.05) is 0 Å². The van der Waals surface area contributed by atoms with Gasteiger partial charge in [-0.2, -0.15) is 0 Å². The van der Waals surface area contributed by atoms with Crippen LogP contribution < -0.4 is 0 Å². The molecule has 0 rings (SSSR count). The zero-order valence-corrected chi connectivity index (χ0v) is 11.3. The normalized spacial score (nSPS) is 10.2. The minimum absolute atomic E-state index is 0.0145. The summed E-state index contributed by atoms with van der Waals surface area (Å²) in [5.41, 5.74) is 0. The first-order valence-electron chi connectivity index (χ1n) is 5.89. The topological polar surface area (TPSA) is 148 Å². The highest BCUT2D eigenvalue weighted by atomic mass is 17.1. The standard InChI is InChI=1S/C11H18N2O8/c1-8(21-20)13(3-2-9(14)15)5-4-12(6-10(16)17)7-11(18)19/h20H,1-7H2,(H,14,15)(H,16,17)(H,18,19). The zero-order chi connectivity index (χ0) is 16.4. The van der Waals surface area contributed by atoms with Crippen LogP contribution in [0.2, 0.25) is 0 Å². The van der Waals surface area contributed by atoms with E-state index >= 15 is 0 Å². The number of carbonyl (C=O) groups is 3. The molecule has 0 bridgehead atoms. The molecule has 10 heteroatoms. The number of carboxylic acids is 3. The third-order valence-electron chi connectivity index (χ3n) is 2.46. The van der Waals surface area contributed by atoms with Gasteiger partial charge in [0.2, 0.25) is 5.88 Å². The summed E-state index contributed by atoms with van der Waals surface area (Å²) in [4.78, 5) is 38.1. The highest BCUT2D eigenvalue weighted by Gasteiger charge is 2.17. The summed E-state index contributed by atoms with van der Waals surface area (Å²) < 4.78 is 0. The number of carboxylic acid groups (broad SMARTS) is 3. The molecule has 0 atom stereocenters. The molecule has 0 aliphatic carbocycles. The second kappa shape index (κ2) is 9.55. The maximum atomic E-state index is 10.6. The average molecular weight is 306 g/mol. The highest BCUT2D eigenvalue weighted by Crippen LogP contribution is 2.04. The number of rotatable bonds is 12. The molecule has 0 unspecified atom stereocenters. The smallest absolute Gasteiger partial charge is 0.317 e. The van der Waals surface area contributed by atoms with Gasteiger partial charge in [-0.05, 0) is 6.58 Å². The van der Waals surface area contributed by atoms with Crippen LogP contribution in [-0.4, -0.2) is 81.0 Å². The van der Waals surface area contributed by atoms with Gasteiger partial charge in [0, 0.05) is 19.6 Å². The van der Waals surface area contributed by atoms with Gasteiger partial charge in [0.25, 0.3) is 0 Å². The van der Waals surface area contributed by atoms with E-state index in [0.717, 1.165) is 4.90 Å². The summed E-state index contributed by atoms with van der Waals surface area (Å²) in [5, 5.41) is 34.5. The van der Waals surface area contributed by atoms with E-state index in [1.165, 1.54) is 4.90 Å². The van der Waals surface area contributed by atoms with E-state index in [4.69, 9.17) is 20.6 Å². The Morgan fingerprint density at radius 3 is 1.81 bits per heavy atom. The van der Waals surface area contributed by atoms with Crippen molar-refractivity contribution in [2.75, 3.05) is 32.7 Å².